The van der Waals surface area contributed by atoms with Gasteiger partial charge in [0.2, 0.25) is 11.8 Å². The zero-order valence-electron chi connectivity index (χ0n) is 22.9. The number of rotatable bonds is 7. The van der Waals surface area contributed by atoms with E-state index >= 15 is 0 Å². The van der Waals surface area contributed by atoms with Gasteiger partial charge in [0, 0.05) is 50.9 Å². The molecule has 0 radical (unpaired) electrons. The molecule has 3 fully saturated rings. The molecule has 3 saturated heterocycles. The van der Waals surface area contributed by atoms with Crippen LogP contribution in [0.3, 0.4) is 0 Å². The molecule has 0 aromatic heterocycles. The molecule has 3 aliphatic heterocycles. The molecule has 5 nitrogen and oxygen atoms in total. The van der Waals surface area contributed by atoms with Crippen LogP contribution < -0.4 is 4.90 Å². The molecular weight excluding hydrogens is 458 g/mol. The summed E-state index contributed by atoms with van der Waals surface area (Å²) in [6.45, 7) is 11.2. The molecule has 2 aromatic rings. The number of nitrogens with zero attached hydrogens (tertiary/aromatic N) is 3. The number of hydrogen-bond acceptors (Lipinski definition) is 3. The van der Waals surface area contributed by atoms with Crippen molar-refractivity contribution >= 4 is 17.5 Å². The van der Waals surface area contributed by atoms with Gasteiger partial charge in [-0.15, -0.1) is 0 Å². The van der Waals surface area contributed by atoms with Crippen LogP contribution in [0.25, 0.3) is 0 Å². The van der Waals surface area contributed by atoms with Gasteiger partial charge >= 0.3 is 0 Å². The Bertz CT molecular complexity index is 1080. The number of likely N-dealkylation sites (tertiary alicyclic amines) is 2. The van der Waals surface area contributed by atoms with Gasteiger partial charge in [-0.05, 0) is 73.3 Å². The van der Waals surface area contributed by atoms with Crippen LogP contribution in [-0.2, 0) is 22.6 Å². The third-order valence-electron chi connectivity index (χ3n) is 8.61. The van der Waals surface area contributed by atoms with E-state index in [0.717, 1.165) is 63.2 Å². The van der Waals surface area contributed by atoms with Gasteiger partial charge in [-0.2, -0.15) is 0 Å². The van der Waals surface area contributed by atoms with Crippen LogP contribution in [0.15, 0.2) is 48.5 Å². The van der Waals surface area contributed by atoms with Crippen LogP contribution >= 0.6 is 0 Å². The highest BCUT2D eigenvalue weighted by atomic mass is 16.2. The summed E-state index contributed by atoms with van der Waals surface area (Å²) in [5, 5.41) is 0. The predicted molar refractivity (Wildman–Crippen MR) is 150 cm³/mol. The summed E-state index contributed by atoms with van der Waals surface area (Å²) < 4.78 is 0. The zero-order chi connectivity index (χ0) is 25.9. The van der Waals surface area contributed by atoms with Crippen LogP contribution in [-0.4, -0.2) is 53.8 Å². The van der Waals surface area contributed by atoms with Gasteiger partial charge < -0.3 is 9.80 Å². The second kappa shape index (κ2) is 11.4. The van der Waals surface area contributed by atoms with E-state index in [4.69, 9.17) is 0 Å². The van der Waals surface area contributed by atoms with Crippen LogP contribution in [0.1, 0.15) is 75.5 Å². The highest BCUT2D eigenvalue weighted by molar-refractivity contribution is 5.95. The Kier molecular flexibility index (Phi) is 7.99. The van der Waals surface area contributed by atoms with Crippen molar-refractivity contribution in [2.75, 3.05) is 31.1 Å². The molecule has 0 N–H and O–H groups in total. The van der Waals surface area contributed by atoms with E-state index in [0.29, 0.717) is 24.3 Å². The van der Waals surface area contributed by atoms with E-state index in [-0.39, 0.29) is 17.7 Å². The molecule has 2 aromatic carbocycles. The van der Waals surface area contributed by atoms with Crippen molar-refractivity contribution in [2.45, 2.75) is 77.8 Å². The number of carbonyl (C=O) groups excluding carboxylic acids is 2. The van der Waals surface area contributed by atoms with Crippen molar-refractivity contribution in [2.24, 2.45) is 11.8 Å². The molecule has 198 valence electrons. The van der Waals surface area contributed by atoms with Gasteiger partial charge in [0.25, 0.3) is 0 Å². The quantitative estimate of drug-likeness (QED) is 0.494. The first kappa shape index (κ1) is 26.0. The summed E-state index contributed by atoms with van der Waals surface area (Å²) >= 11 is 0. The van der Waals surface area contributed by atoms with Gasteiger partial charge in [0.05, 0.1) is 5.92 Å². The standard InChI is InChI=1S/C32H43N3O2/c1-23(2)19-25-9-13-27(14-10-25)24(3)32(37)35-17-5-4-7-28-21-33(22-30(28)35)20-26-11-15-29(16-12-26)34-18-6-8-31(34)36/h9-16,23-24,28,30H,4-8,17-22H2,1-3H3/t24-,28+,30-/m1/s1. The molecule has 5 rings (SSSR count). The van der Waals surface area contributed by atoms with Crippen LogP contribution in [0, 0.1) is 11.8 Å². The minimum Gasteiger partial charge on any atom is -0.338 e. The molecule has 5 heteroatoms. The molecule has 3 atom stereocenters. The molecule has 0 unspecified atom stereocenters. The van der Waals surface area contributed by atoms with Gasteiger partial charge in [-0.1, -0.05) is 56.7 Å². The number of benzene rings is 2. The molecule has 2 amide bonds. The summed E-state index contributed by atoms with van der Waals surface area (Å²) in [6, 6.07) is 17.6. The molecule has 3 aliphatic rings. The molecule has 0 aliphatic carbocycles. The maximum absolute atomic E-state index is 13.8. The Balaban J connectivity index is 1.23. The highest BCUT2D eigenvalue weighted by Gasteiger charge is 2.40. The molecule has 0 saturated carbocycles. The lowest BCUT2D eigenvalue weighted by Crippen LogP contribution is -2.46. The summed E-state index contributed by atoms with van der Waals surface area (Å²) in [5.41, 5.74) is 4.77. The van der Waals surface area contributed by atoms with Gasteiger partial charge in [0.15, 0.2) is 0 Å². The average Bonchev–Trinajstić information content (AvgIpc) is 3.44. The minimum absolute atomic E-state index is 0.109. The lowest BCUT2D eigenvalue weighted by molar-refractivity contribution is -0.135. The van der Waals surface area contributed by atoms with Crippen LogP contribution in [0.2, 0.25) is 0 Å². The smallest absolute Gasteiger partial charge is 0.230 e. The van der Waals surface area contributed by atoms with Crippen LogP contribution in [0.4, 0.5) is 5.69 Å². The first-order valence-electron chi connectivity index (χ1n) is 14.4. The minimum atomic E-state index is -0.109. The fourth-order valence-electron chi connectivity index (χ4n) is 6.60. The van der Waals surface area contributed by atoms with Crippen molar-refractivity contribution in [1.82, 2.24) is 9.80 Å². The van der Waals surface area contributed by atoms with Crippen LogP contribution in [0.5, 0.6) is 0 Å². The number of anilines is 1. The van der Waals surface area contributed by atoms with Gasteiger partial charge in [-0.25, -0.2) is 0 Å². The fourth-order valence-corrected chi connectivity index (χ4v) is 6.60. The average molecular weight is 502 g/mol. The Morgan fingerprint density at radius 2 is 1.62 bits per heavy atom. The van der Waals surface area contributed by atoms with E-state index in [9.17, 15) is 9.59 Å². The largest absolute Gasteiger partial charge is 0.338 e. The Labute approximate surface area is 222 Å². The van der Waals surface area contributed by atoms with Gasteiger partial charge in [-0.3, -0.25) is 14.5 Å². The third-order valence-corrected chi connectivity index (χ3v) is 8.61. The Hall–Kier alpha value is -2.66. The maximum Gasteiger partial charge on any atom is 0.230 e. The Morgan fingerprint density at radius 1 is 0.892 bits per heavy atom. The number of amides is 2. The summed E-state index contributed by atoms with van der Waals surface area (Å²) in [7, 11) is 0. The van der Waals surface area contributed by atoms with Crippen molar-refractivity contribution < 1.29 is 9.59 Å². The first-order chi connectivity index (χ1) is 17.9. The molecule has 37 heavy (non-hydrogen) atoms. The number of fused-ring (bicyclic) bond motifs is 1. The normalized spacial score (nSPS) is 23.4. The van der Waals surface area contributed by atoms with Crippen molar-refractivity contribution in [3.8, 4) is 0 Å². The maximum atomic E-state index is 13.8. The zero-order valence-corrected chi connectivity index (χ0v) is 22.9. The van der Waals surface area contributed by atoms with E-state index in [1.165, 1.54) is 24.0 Å². The van der Waals surface area contributed by atoms with Crippen molar-refractivity contribution in [1.29, 1.82) is 0 Å². The van der Waals surface area contributed by atoms with E-state index in [1.54, 1.807) is 0 Å². The summed E-state index contributed by atoms with van der Waals surface area (Å²) in [4.78, 5) is 32.5. The Morgan fingerprint density at radius 3 is 2.30 bits per heavy atom. The summed E-state index contributed by atoms with van der Waals surface area (Å²) in [5.74, 6) is 1.60. The second-order valence-electron chi connectivity index (χ2n) is 11.9. The predicted octanol–water partition coefficient (Wildman–Crippen LogP) is 5.63. The SMILES string of the molecule is CC(C)Cc1ccc([C@@H](C)C(=O)N2CCCC[C@H]3CN(Cc4ccc(N5CCCC5=O)cc4)C[C@H]32)cc1. The highest BCUT2D eigenvalue weighted by Crippen LogP contribution is 2.33. The lowest BCUT2D eigenvalue weighted by atomic mass is 9.94. The fraction of sp³-hybridized carbons (Fsp3) is 0.562. The topological polar surface area (TPSA) is 43.9 Å². The van der Waals surface area contributed by atoms with Crippen molar-refractivity contribution in [3.05, 3.63) is 65.2 Å². The molecular formula is C32H43N3O2. The third kappa shape index (κ3) is 5.93. The van der Waals surface area contributed by atoms with E-state index in [1.807, 2.05) is 4.90 Å². The van der Waals surface area contributed by atoms with E-state index in [2.05, 4.69) is 79.1 Å². The first-order valence-corrected chi connectivity index (χ1v) is 14.4. The van der Waals surface area contributed by atoms with E-state index < -0.39 is 0 Å². The molecule has 0 spiro atoms. The summed E-state index contributed by atoms with van der Waals surface area (Å²) in [6.07, 6.45) is 6.21. The number of carbonyl (C=O) groups is 2. The second-order valence-corrected chi connectivity index (χ2v) is 11.9. The van der Waals surface area contributed by atoms with Crippen molar-refractivity contribution in [3.63, 3.8) is 0 Å². The number of hydrogen-bond donors (Lipinski definition) is 0. The lowest BCUT2D eigenvalue weighted by Gasteiger charge is -2.32. The molecule has 3 heterocycles. The monoisotopic (exact) mass is 501 g/mol. The van der Waals surface area contributed by atoms with Gasteiger partial charge in [0.1, 0.15) is 0 Å². The molecule has 0 bridgehead atoms.